The van der Waals surface area contributed by atoms with Gasteiger partial charge in [0.05, 0.1) is 6.33 Å². The molecule has 0 fully saturated rings. The second-order valence-corrected chi connectivity index (χ2v) is 13.1. The van der Waals surface area contributed by atoms with Crippen LogP contribution < -0.4 is 0 Å². The molecule has 0 bridgehead atoms. The molecule has 1 aromatic rings. The lowest BCUT2D eigenvalue weighted by atomic mass is 9.76. The summed E-state index contributed by atoms with van der Waals surface area (Å²) in [6.45, 7) is 9.51. The van der Waals surface area contributed by atoms with Crippen LogP contribution in [0.5, 0.6) is 0 Å². The Hall–Kier alpha value is -0.790. The topological polar surface area (TPSA) is 17.8 Å². The van der Waals surface area contributed by atoms with Gasteiger partial charge < -0.3 is 4.57 Å². The molecule has 1 aromatic heterocycles. The van der Waals surface area contributed by atoms with E-state index in [2.05, 4.69) is 49.8 Å². The normalized spacial score (nSPS) is 14.1. The second kappa shape index (κ2) is 26.1. The SMILES string of the molecule is CCCCCCCCCCCCCCCCC(CCCCCCCCCCCCC)C(C)(CC)n1ccnc1. The molecule has 0 amide bonds. The Kier molecular flexibility index (Phi) is 24.3. The van der Waals surface area contributed by atoms with Crippen LogP contribution in [0.15, 0.2) is 18.7 Å². The molecule has 2 unspecified atom stereocenters. The van der Waals surface area contributed by atoms with Crippen LogP contribution in [0.4, 0.5) is 0 Å². The lowest BCUT2D eigenvalue weighted by Gasteiger charge is -2.39. The van der Waals surface area contributed by atoms with Crippen LogP contribution in [0.3, 0.4) is 0 Å². The van der Waals surface area contributed by atoms with Crippen molar-refractivity contribution >= 4 is 0 Å². The van der Waals surface area contributed by atoms with Gasteiger partial charge in [0.2, 0.25) is 0 Å². The number of rotatable bonds is 30. The maximum Gasteiger partial charge on any atom is 0.0951 e. The molecular formula is C37H72N2. The molecular weight excluding hydrogens is 472 g/mol. The summed E-state index contributed by atoms with van der Waals surface area (Å²) in [6.07, 6.45) is 46.2. The van der Waals surface area contributed by atoms with E-state index in [1.165, 1.54) is 180 Å². The molecule has 2 atom stereocenters. The molecule has 0 aromatic carbocycles. The van der Waals surface area contributed by atoms with Crippen LogP contribution in [0, 0.1) is 5.92 Å². The average molecular weight is 545 g/mol. The van der Waals surface area contributed by atoms with Crippen molar-refractivity contribution in [2.75, 3.05) is 0 Å². The highest BCUT2D eigenvalue weighted by atomic mass is 15.1. The molecule has 2 heteroatoms. The summed E-state index contributed by atoms with van der Waals surface area (Å²) in [5, 5.41) is 0. The number of unbranched alkanes of at least 4 members (excludes halogenated alkanes) is 23. The number of nitrogens with zero attached hydrogens (tertiary/aromatic N) is 2. The predicted molar refractivity (Wildman–Crippen MR) is 176 cm³/mol. The van der Waals surface area contributed by atoms with Crippen molar-refractivity contribution in [1.29, 1.82) is 0 Å². The monoisotopic (exact) mass is 545 g/mol. The number of hydrogen-bond donors (Lipinski definition) is 0. The van der Waals surface area contributed by atoms with Gasteiger partial charge in [0.15, 0.2) is 0 Å². The molecule has 0 spiro atoms. The van der Waals surface area contributed by atoms with Crippen molar-refractivity contribution in [3.8, 4) is 0 Å². The van der Waals surface area contributed by atoms with Gasteiger partial charge in [-0.15, -0.1) is 0 Å². The highest BCUT2D eigenvalue weighted by molar-refractivity contribution is 4.93. The maximum absolute atomic E-state index is 4.42. The van der Waals surface area contributed by atoms with Crippen molar-refractivity contribution in [2.24, 2.45) is 5.92 Å². The van der Waals surface area contributed by atoms with Gasteiger partial charge in [-0.2, -0.15) is 0 Å². The Labute approximate surface area is 246 Å². The van der Waals surface area contributed by atoms with Crippen LogP contribution in [-0.4, -0.2) is 9.55 Å². The van der Waals surface area contributed by atoms with Crippen molar-refractivity contribution in [3.63, 3.8) is 0 Å². The van der Waals surface area contributed by atoms with E-state index >= 15 is 0 Å². The lowest BCUT2D eigenvalue weighted by Crippen LogP contribution is -2.37. The van der Waals surface area contributed by atoms with Crippen LogP contribution >= 0.6 is 0 Å². The Morgan fingerprint density at radius 3 is 1.13 bits per heavy atom. The molecule has 0 saturated carbocycles. The first-order valence-corrected chi connectivity index (χ1v) is 18.2. The number of aromatic nitrogens is 2. The minimum Gasteiger partial charge on any atom is -0.331 e. The third-order valence-electron chi connectivity index (χ3n) is 9.75. The number of hydrogen-bond acceptors (Lipinski definition) is 1. The first-order valence-electron chi connectivity index (χ1n) is 18.2. The van der Waals surface area contributed by atoms with E-state index in [9.17, 15) is 0 Å². The first kappa shape index (κ1) is 36.2. The Balaban J connectivity index is 2.22. The van der Waals surface area contributed by atoms with E-state index in [0.29, 0.717) is 0 Å². The molecule has 1 heterocycles. The predicted octanol–water partition coefficient (Wildman–Crippen LogP) is 13.2. The van der Waals surface area contributed by atoms with E-state index in [0.717, 1.165) is 5.92 Å². The quantitative estimate of drug-likeness (QED) is 0.0880. The minimum absolute atomic E-state index is 0.214. The van der Waals surface area contributed by atoms with Gasteiger partial charge in [0.25, 0.3) is 0 Å². The first-order chi connectivity index (χ1) is 19.2. The standard InChI is InChI=1S/C37H72N2/c1-5-8-10-12-14-16-18-19-20-22-24-26-28-30-32-36(37(4,7-3)39-34-33-38-35-39)31-29-27-25-23-21-17-15-13-11-9-6-2/h33-36H,5-32H2,1-4H3. The van der Waals surface area contributed by atoms with Crippen LogP contribution in [-0.2, 0) is 5.54 Å². The lowest BCUT2D eigenvalue weighted by molar-refractivity contribution is 0.153. The van der Waals surface area contributed by atoms with Gasteiger partial charge in [-0.3, -0.25) is 0 Å². The zero-order valence-electron chi connectivity index (χ0n) is 27.5. The molecule has 2 nitrogen and oxygen atoms in total. The van der Waals surface area contributed by atoms with Gasteiger partial charge in [0, 0.05) is 17.9 Å². The van der Waals surface area contributed by atoms with E-state index in [1.807, 2.05) is 6.20 Å². The van der Waals surface area contributed by atoms with Crippen LogP contribution in [0.1, 0.15) is 207 Å². The fourth-order valence-corrected chi connectivity index (χ4v) is 6.65. The third-order valence-corrected chi connectivity index (χ3v) is 9.75. The second-order valence-electron chi connectivity index (χ2n) is 13.1. The molecule has 0 aliphatic rings. The summed E-state index contributed by atoms with van der Waals surface area (Å²) < 4.78 is 2.43. The van der Waals surface area contributed by atoms with E-state index in [4.69, 9.17) is 0 Å². The largest absolute Gasteiger partial charge is 0.331 e. The van der Waals surface area contributed by atoms with E-state index < -0.39 is 0 Å². The minimum atomic E-state index is 0.214. The summed E-state index contributed by atoms with van der Waals surface area (Å²) in [5.74, 6) is 0.771. The number of imidazole rings is 1. The van der Waals surface area contributed by atoms with E-state index in [1.54, 1.807) is 0 Å². The highest BCUT2D eigenvalue weighted by Crippen LogP contribution is 2.37. The van der Waals surface area contributed by atoms with Crippen LogP contribution in [0.2, 0.25) is 0 Å². The Morgan fingerprint density at radius 1 is 0.513 bits per heavy atom. The zero-order chi connectivity index (χ0) is 28.3. The summed E-state index contributed by atoms with van der Waals surface area (Å²) >= 11 is 0. The molecule has 0 saturated heterocycles. The van der Waals surface area contributed by atoms with Gasteiger partial charge in [-0.05, 0) is 32.1 Å². The summed E-state index contributed by atoms with van der Waals surface area (Å²) in [7, 11) is 0. The fourth-order valence-electron chi connectivity index (χ4n) is 6.65. The van der Waals surface area contributed by atoms with Gasteiger partial charge in [-0.25, -0.2) is 4.98 Å². The summed E-state index contributed by atoms with van der Waals surface area (Å²) in [4.78, 5) is 4.42. The average Bonchev–Trinajstić information content (AvgIpc) is 3.50. The van der Waals surface area contributed by atoms with Crippen LogP contribution in [0.25, 0.3) is 0 Å². The Morgan fingerprint density at radius 2 is 0.846 bits per heavy atom. The summed E-state index contributed by atoms with van der Waals surface area (Å²) in [6, 6.07) is 0. The van der Waals surface area contributed by atoms with Gasteiger partial charge in [0.1, 0.15) is 0 Å². The molecule has 0 radical (unpaired) electrons. The van der Waals surface area contributed by atoms with Crippen molar-refractivity contribution < 1.29 is 0 Å². The van der Waals surface area contributed by atoms with E-state index in [-0.39, 0.29) is 5.54 Å². The molecule has 230 valence electrons. The van der Waals surface area contributed by atoms with Crippen molar-refractivity contribution in [1.82, 2.24) is 9.55 Å². The Bertz CT molecular complexity index is 595. The molecule has 0 aliphatic carbocycles. The highest BCUT2D eigenvalue weighted by Gasteiger charge is 2.33. The van der Waals surface area contributed by atoms with Gasteiger partial charge in [-0.1, -0.05) is 181 Å². The molecule has 1 rings (SSSR count). The van der Waals surface area contributed by atoms with Gasteiger partial charge >= 0.3 is 0 Å². The third kappa shape index (κ3) is 18.3. The molecule has 39 heavy (non-hydrogen) atoms. The molecule has 0 aliphatic heterocycles. The fraction of sp³-hybridized carbons (Fsp3) is 0.919. The zero-order valence-corrected chi connectivity index (χ0v) is 27.5. The summed E-state index contributed by atoms with van der Waals surface area (Å²) in [5.41, 5.74) is 0.214. The molecule has 0 N–H and O–H groups in total. The van der Waals surface area contributed by atoms with Crippen molar-refractivity contribution in [2.45, 2.75) is 213 Å². The maximum atomic E-state index is 4.42. The van der Waals surface area contributed by atoms with Crippen molar-refractivity contribution in [3.05, 3.63) is 18.7 Å². The smallest absolute Gasteiger partial charge is 0.0951 e.